The van der Waals surface area contributed by atoms with Gasteiger partial charge in [0, 0.05) is 14.9 Å². The van der Waals surface area contributed by atoms with Crippen LogP contribution in [0.4, 0.5) is 4.79 Å². The van der Waals surface area contributed by atoms with Gasteiger partial charge in [-0.2, -0.15) is 0 Å². The number of urea groups is 1. The van der Waals surface area contributed by atoms with Gasteiger partial charge >= 0.3 is 6.03 Å². The maximum absolute atomic E-state index is 13.1. The van der Waals surface area contributed by atoms with Crippen LogP contribution in [0.3, 0.4) is 0 Å². The minimum atomic E-state index is -0.847. The molecule has 1 aliphatic carbocycles. The monoisotopic (exact) mass is 390 g/mol. The van der Waals surface area contributed by atoms with Crippen molar-refractivity contribution in [3.63, 3.8) is 0 Å². The fourth-order valence-electron chi connectivity index (χ4n) is 3.46. The van der Waals surface area contributed by atoms with Crippen LogP contribution >= 0.6 is 27.3 Å². The molecule has 3 amide bonds. The minimum Gasteiger partial charge on any atom is -0.319 e. The van der Waals surface area contributed by atoms with Crippen molar-refractivity contribution in [1.29, 1.82) is 0 Å². The average molecular weight is 391 g/mol. The van der Waals surface area contributed by atoms with E-state index in [-0.39, 0.29) is 11.9 Å². The number of fused-ring (bicyclic) bond motifs is 2. The van der Waals surface area contributed by atoms with Crippen molar-refractivity contribution in [1.82, 2.24) is 10.2 Å². The van der Waals surface area contributed by atoms with Crippen LogP contribution < -0.4 is 5.32 Å². The first-order valence-electron chi connectivity index (χ1n) is 7.55. The molecule has 1 N–H and O–H groups in total. The molecule has 1 aromatic carbocycles. The van der Waals surface area contributed by atoms with E-state index >= 15 is 0 Å². The molecule has 2 aromatic rings. The summed E-state index contributed by atoms with van der Waals surface area (Å²) in [4.78, 5) is 28.1. The second-order valence-electron chi connectivity index (χ2n) is 5.96. The van der Waals surface area contributed by atoms with E-state index in [0.717, 1.165) is 28.4 Å². The van der Waals surface area contributed by atoms with Gasteiger partial charge in [-0.25, -0.2) is 4.79 Å². The van der Waals surface area contributed by atoms with E-state index in [4.69, 9.17) is 0 Å². The lowest BCUT2D eigenvalue weighted by Crippen LogP contribution is -2.46. The van der Waals surface area contributed by atoms with E-state index in [1.165, 1.54) is 9.78 Å². The number of imide groups is 1. The highest BCUT2D eigenvalue weighted by molar-refractivity contribution is 9.10. The quantitative estimate of drug-likeness (QED) is 0.792. The second kappa shape index (κ2) is 5.46. The van der Waals surface area contributed by atoms with Crippen molar-refractivity contribution in [2.45, 2.75) is 31.3 Å². The van der Waals surface area contributed by atoms with Gasteiger partial charge in [0.05, 0.1) is 6.54 Å². The maximum atomic E-state index is 13.1. The van der Waals surface area contributed by atoms with Crippen molar-refractivity contribution in [2.75, 3.05) is 0 Å². The first kappa shape index (κ1) is 14.9. The Bertz CT molecular complexity index is 786. The molecule has 1 aliphatic heterocycles. The summed E-state index contributed by atoms with van der Waals surface area (Å²) in [5.41, 5.74) is 1.08. The van der Waals surface area contributed by atoms with Crippen LogP contribution in [0.1, 0.15) is 28.8 Å². The van der Waals surface area contributed by atoms with Gasteiger partial charge in [0.1, 0.15) is 5.54 Å². The Hall–Kier alpha value is -1.66. The van der Waals surface area contributed by atoms with Gasteiger partial charge in [-0.3, -0.25) is 9.69 Å². The fourth-order valence-corrected chi connectivity index (χ4v) is 4.72. The second-order valence-corrected chi connectivity index (χ2v) is 7.88. The van der Waals surface area contributed by atoms with Crippen LogP contribution in [0.15, 0.2) is 40.2 Å². The Morgan fingerprint density at radius 2 is 2.00 bits per heavy atom. The minimum absolute atomic E-state index is 0.121. The van der Waals surface area contributed by atoms with Crippen molar-refractivity contribution in [3.05, 3.63) is 56.2 Å². The van der Waals surface area contributed by atoms with Gasteiger partial charge in [-0.1, -0.05) is 28.1 Å². The lowest BCUT2D eigenvalue weighted by atomic mass is 9.80. The number of hydrogen-bond donors (Lipinski definition) is 1. The number of thiophene rings is 1. The molecule has 1 saturated heterocycles. The van der Waals surface area contributed by atoms with Gasteiger partial charge in [0.15, 0.2) is 0 Å². The number of carbonyl (C=O) groups excluding carboxylic acids is 2. The molecule has 2 aliphatic rings. The van der Waals surface area contributed by atoms with Crippen molar-refractivity contribution < 1.29 is 9.59 Å². The molecule has 6 heteroatoms. The molecular weight excluding hydrogens is 376 g/mol. The summed E-state index contributed by atoms with van der Waals surface area (Å²) in [7, 11) is 0. The van der Waals surface area contributed by atoms with Gasteiger partial charge in [-0.15, -0.1) is 11.3 Å². The topological polar surface area (TPSA) is 49.4 Å². The number of aryl methyl sites for hydroxylation is 1. The van der Waals surface area contributed by atoms with Crippen LogP contribution in [-0.4, -0.2) is 16.8 Å². The van der Waals surface area contributed by atoms with Gasteiger partial charge < -0.3 is 5.32 Å². The van der Waals surface area contributed by atoms with Crippen molar-refractivity contribution >= 4 is 39.2 Å². The standard InChI is InChI=1S/C17H15BrN2O2S/c18-12-5-3-11(4-6-12)10-20-15(21)17(19-16(20)22)8-1-2-14-13(17)7-9-23-14/h3-7,9H,1-2,8,10H2,(H,19,22)/t17-/m0/s1. The molecule has 1 fully saturated rings. The van der Waals surface area contributed by atoms with Crippen LogP contribution in [0, 0.1) is 0 Å². The third kappa shape index (κ3) is 2.32. The number of amides is 3. The zero-order chi connectivity index (χ0) is 16.0. The molecule has 118 valence electrons. The van der Waals surface area contributed by atoms with E-state index in [1.54, 1.807) is 11.3 Å². The number of nitrogens with zero attached hydrogens (tertiary/aromatic N) is 1. The van der Waals surface area contributed by atoms with Gasteiger partial charge in [-0.05, 0) is 48.4 Å². The van der Waals surface area contributed by atoms with E-state index < -0.39 is 5.54 Å². The molecule has 23 heavy (non-hydrogen) atoms. The molecule has 1 atom stereocenters. The van der Waals surface area contributed by atoms with E-state index in [2.05, 4.69) is 21.2 Å². The molecule has 1 aromatic heterocycles. The lowest BCUT2D eigenvalue weighted by Gasteiger charge is -2.31. The third-order valence-electron chi connectivity index (χ3n) is 4.59. The summed E-state index contributed by atoms with van der Waals surface area (Å²) in [5.74, 6) is -0.121. The molecule has 2 heterocycles. The van der Waals surface area contributed by atoms with Crippen molar-refractivity contribution in [3.8, 4) is 0 Å². The van der Waals surface area contributed by atoms with Crippen molar-refractivity contribution in [2.24, 2.45) is 0 Å². The number of halogens is 1. The van der Waals surface area contributed by atoms with E-state index in [0.29, 0.717) is 13.0 Å². The first-order chi connectivity index (χ1) is 11.1. The number of benzene rings is 1. The predicted molar refractivity (Wildman–Crippen MR) is 92.2 cm³/mol. The molecule has 4 rings (SSSR count). The molecule has 1 spiro atoms. The zero-order valence-corrected chi connectivity index (χ0v) is 14.7. The first-order valence-corrected chi connectivity index (χ1v) is 9.23. The van der Waals surface area contributed by atoms with Crippen LogP contribution in [0.2, 0.25) is 0 Å². The number of nitrogens with one attached hydrogen (secondary N) is 1. The van der Waals surface area contributed by atoms with Gasteiger partial charge in [0.25, 0.3) is 5.91 Å². The van der Waals surface area contributed by atoms with Gasteiger partial charge in [0.2, 0.25) is 0 Å². The predicted octanol–water partition coefficient (Wildman–Crippen LogP) is 3.79. The molecule has 0 saturated carbocycles. The summed E-state index contributed by atoms with van der Waals surface area (Å²) in [6.07, 6.45) is 2.59. The van der Waals surface area contributed by atoms with Crippen LogP contribution in [-0.2, 0) is 23.3 Å². The van der Waals surface area contributed by atoms with E-state index in [1.807, 2.05) is 35.7 Å². The average Bonchev–Trinajstić information content (AvgIpc) is 3.10. The zero-order valence-electron chi connectivity index (χ0n) is 12.3. The molecular formula is C17H15BrN2O2S. The summed E-state index contributed by atoms with van der Waals surface area (Å²) < 4.78 is 0.977. The van der Waals surface area contributed by atoms with E-state index in [9.17, 15) is 9.59 Å². The Morgan fingerprint density at radius 3 is 2.78 bits per heavy atom. The molecule has 0 radical (unpaired) electrons. The third-order valence-corrected chi connectivity index (χ3v) is 6.10. The summed E-state index contributed by atoms with van der Waals surface area (Å²) >= 11 is 5.06. The molecule has 4 nitrogen and oxygen atoms in total. The Labute approximate surface area is 146 Å². The normalized spacial score (nSPS) is 23.3. The highest BCUT2D eigenvalue weighted by Gasteiger charge is 2.54. The molecule has 0 unspecified atom stereocenters. The Morgan fingerprint density at radius 1 is 1.22 bits per heavy atom. The summed E-state index contributed by atoms with van der Waals surface area (Å²) in [6.45, 7) is 0.305. The maximum Gasteiger partial charge on any atom is 0.325 e. The highest BCUT2D eigenvalue weighted by atomic mass is 79.9. The Kier molecular flexibility index (Phi) is 3.54. The highest BCUT2D eigenvalue weighted by Crippen LogP contribution is 2.42. The smallest absolute Gasteiger partial charge is 0.319 e. The molecule has 0 bridgehead atoms. The number of carbonyl (C=O) groups is 2. The van der Waals surface area contributed by atoms with Crippen LogP contribution in [0.25, 0.3) is 0 Å². The van der Waals surface area contributed by atoms with Crippen LogP contribution in [0.5, 0.6) is 0 Å². The number of hydrogen-bond acceptors (Lipinski definition) is 3. The number of rotatable bonds is 2. The lowest BCUT2D eigenvalue weighted by molar-refractivity contribution is -0.132. The summed E-state index contributed by atoms with van der Waals surface area (Å²) in [5, 5.41) is 4.99. The summed E-state index contributed by atoms with van der Waals surface area (Å²) in [6, 6.07) is 9.37. The Balaban J connectivity index is 1.66. The largest absolute Gasteiger partial charge is 0.325 e. The fraction of sp³-hybridized carbons (Fsp3) is 0.294. The SMILES string of the molecule is O=C1N[C@]2(CCCc3sccc32)C(=O)N1Cc1ccc(Br)cc1.